The zero-order chi connectivity index (χ0) is 17.5. The summed E-state index contributed by atoms with van der Waals surface area (Å²) in [5, 5.41) is 29.9. The topological polar surface area (TPSA) is 97.1 Å². The summed E-state index contributed by atoms with van der Waals surface area (Å²) in [6.45, 7) is 1.36. The third kappa shape index (κ3) is 3.24. The van der Waals surface area contributed by atoms with Gasteiger partial charge in [-0.3, -0.25) is 9.78 Å². The number of carbonyl (C=O) groups excluding carboxylic acids is 1. The van der Waals surface area contributed by atoms with Gasteiger partial charge in [-0.15, -0.1) is 0 Å². The van der Waals surface area contributed by atoms with E-state index >= 15 is 0 Å². The maximum Gasteiger partial charge on any atom is 0.228 e. The molecule has 3 rings (SSSR count). The van der Waals surface area contributed by atoms with Crippen LogP contribution < -0.4 is 4.90 Å². The molecule has 1 aliphatic carbocycles. The number of pyridine rings is 1. The fourth-order valence-electron chi connectivity index (χ4n) is 3.38. The van der Waals surface area contributed by atoms with Gasteiger partial charge in [0, 0.05) is 40.0 Å². The maximum absolute atomic E-state index is 11.9. The van der Waals surface area contributed by atoms with Crippen LogP contribution in [0.1, 0.15) is 31.4 Å². The van der Waals surface area contributed by atoms with Crippen molar-refractivity contribution in [3.8, 4) is 0 Å². The molecule has 0 bridgehead atoms. The molecule has 132 valence electrons. The summed E-state index contributed by atoms with van der Waals surface area (Å²) in [6.07, 6.45) is 2.52. The molecule has 2 aliphatic rings. The van der Waals surface area contributed by atoms with Gasteiger partial charge in [0.05, 0.1) is 23.5 Å². The SMILES string of the molecule is CN(C)C(=O)C1CN(c2ccc(C3(O)CCC(O)(O)CC3)nc2)C1. The molecule has 1 aliphatic heterocycles. The average molecular weight is 335 g/mol. The molecule has 0 radical (unpaired) electrons. The van der Waals surface area contributed by atoms with Crippen LogP contribution >= 0.6 is 0 Å². The van der Waals surface area contributed by atoms with E-state index in [1.807, 2.05) is 6.07 Å². The highest BCUT2D eigenvalue weighted by molar-refractivity contribution is 5.81. The highest BCUT2D eigenvalue weighted by atomic mass is 16.5. The summed E-state index contributed by atoms with van der Waals surface area (Å²) in [5.41, 5.74) is 0.383. The first-order chi connectivity index (χ1) is 11.2. The molecule has 1 saturated carbocycles. The number of hydrogen-bond donors (Lipinski definition) is 3. The maximum atomic E-state index is 11.9. The van der Waals surface area contributed by atoms with Crippen LogP contribution in [0.3, 0.4) is 0 Å². The minimum absolute atomic E-state index is 0.0319. The number of anilines is 1. The van der Waals surface area contributed by atoms with E-state index in [-0.39, 0.29) is 37.5 Å². The Labute approximate surface area is 141 Å². The number of aromatic nitrogens is 1. The number of rotatable bonds is 3. The highest BCUT2D eigenvalue weighted by Crippen LogP contribution is 2.40. The normalized spacial score (nSPS) is 22.8. The van der Waals surface area contributed by atoms with Crippen LogP contribution in [0.4, 0.5) is 5.69 Å². The molecule has 0 aromatic carbocycles. The van der Waals surface area contributed by atoms with E-state index in [1.54, 1.807) is 31.3 Å². The Balaban J connectivity index is 1.62. The number of carbonyl (C=O) groups is 1. The minimum atomic E-state index is -1.68. The summed E-state index contributed by atoms with van der Waals surface area (Å²) in [4.78, 5) is 19.9. The highest BCUT2D eigenvalue weighted by Gasteiger charge is 2.41. The van der Waals surface area contributed by atoms with Crippen molar-refractivity contribution in [2.75, 3.05) is 32.1 Å². The first-order valence-electron chi connectivity index (χ1n) is 8.30. The zero-order valence-corrected chi connectivity index (χ0v) is 14.1. The van der Waals surface area contributed by atoms with Crippen LogP contribution in [0.2, 0.25) is 0 Å². The lowest BCUT2D eigenvalue weighted by Crippen LogP contribution is -2.53. The minimum Gasteiger partial charge on any atom is -0.384 e. The van der Waals surface area contributed by atoms with E-state index in [9.17, 15) is 20.1 Å². The van der Waals surface area contributed by atoms with Crippen molar-refractivity contribution >= 4 is 11.6 Å². The molecule has 2 fully saturated rings. The van der Waals surface area contributed by atoms with Crippen molar-refractivity contribution in [3.05, 3.63) is 24.0 Å². The molecule has 7 heteroatoms. The van der Waals surface area contributed by atoms with Gasteiger partial charge in [0.1, 0.15) is 5.60 Å². The van der Waals surface area contributed by atoms with Crippen LogP contribution in [0.25, 0.3) is 0 Å². The fourth-order valence-corrected chi connectivity index (χ4v) is 3.38. The summed E-state index contributed by atoms with van der Waals surface area (Å²) in [7, 11) is 3.53. The van der Waals surface area contributed by atoms with E-state index in [4.69, 9.17) is 0 Å². The molecule has 1 aromatic heterocycles. The lowest BCUT2D eigenvalue weighted by atomic mass is 9.79. The van der Waals surface area contributed by atoms with E-state index in [1.165, 1.54) is 0 Å². The van der Waals surface area contributed by atoms with Crippen molar-refractivity contribution < 1.29 is 20.1 Å². The summed E-state index contributed by atoms with van der Waals surface area (Å²) in [5.74, 6) is -1.51. The third-order valence-corrected chi connectivity index (χ3v) is 5.14. The van der Waals surface area contributed by atoms with E-state index in [0.29, 0.717) is 18.8 Å². The van der Waals surface area contributed by atoms with Crippen molar-refractivity contribution in [1.29, 1.82) is 0 Å². The van der Waals surface area contributed by atoms with Gasteiger partial charge in [-0.2, -0.15) is 0 Å². The van der Waals surface area contributed by atoms with Crippen LogP contribution in [0.15, 0.2) is 18.3 Å². The lowest BCUT2D eigenvalue weighted by Gasteiger charge is -2.41. The molecule has 0 atom stereocenters. The number of hydrogen-bond acceptors (Lipinski definition) is 6. The van der Waals surface area contributed by atoms with Gasteiger partial charge in [0.15, 0.2) is 5.79 Å². The Kier molecular flexibility index (Phi) is 4.27. The Morgan fingerprint density at radius 1 is 1.17 bits per heavy atom. The first-order valence-corrected chi connectivity index (χ1v) is 8.30. The van der Waals surface area contributed by atoms with Crippen molar-refractivity contribution in [1.82, 2.24) is 9.88 Å². The van der Waals surface area contributed by atoms with Crippen molar-refractivity contribution in [2.24, 2.45) is 5.92 Å². The summed E-state index contributed by atoms with van der Waals surface area (Å²) < 4.78 is 0. The monoisotopic (exact) mass is 335 g/mol. The summed E-state index contributed by atoms with van der Waals surface area (Å²) in [6, 6.07) is 3.69. The summed E-state index contributed by atoms with van der Waals surface area (Å²) >= 11 is 0. The van der Waals surface area contributed by atoms with Crippen molar-refractivity contribution in [3.63, 3.8) is 0 Å². The van der Waals surface area contributed by atoms with Gasteiger partial charge in [-0.25, -0.2) is 0 Å². The van der Waals surface area contributed by atoms with Crippen LogP contribution in [-0.2, 0) is 10.4 Å². The molecule has 24 heavy (non-hydrogen) atoms. The molecule has 0 spiro atoms. The molecule has 0 unspecified atom stereocenters. The number of amides is 1. The predicted molar refractivity (Wildman–Crippen MR) is 88.2 cm³/mol. The largest absolute Gasteiger partial charge is 0.384 e. The Morgan fingerprint density at radius 3 is 2.29 bits per heavy atom. The second-order valence-corrected chi connectivity index (χ2v) is 7.25. The smallest absolute Gasteiger partial charge is 0.228 e. The quantitative estimate of drug-likeness (QED) is 0.675. The number of nitrogens with zero attached hydrogens (tertiary/aromatic N) is 3. The average Bonchev–Trinajstić information content (AvgIpc) is 2.49. The van der Waals surface area contributed by atoms with Crippen LogP contribution in [0, 0.1) is 5.92 Å². The van der Waals surface area contributed by atoms with E-state index in [2.05, 4.69) is 9.88 Å². The fraction of sp³-hybridized carbons (Fsp3) is 0.647. The van der Waals surface area contributed by atoms with Gasteiger partial charge >= 0.3 is 0 Å². The van der Waals surface area contributed by atoms with E-state index < -0.39 is 11.4 Å². The number of aliphatic hydroxyl groups is 3. The predicted octanol–water partition coefficient (Wildman–Crippen LogP) is 0.0485. The molecule has 3 N–H and O–H groups in total. The molecular weight excluding hydrogens is 310 g/mol. The Morgan fingerprint density at radius 2 is 1.79 bits per heavy atom. The third-order valence-electron chi connectivity index (χ3n) is 5.14. The molecular formula is C17H25N3O4. The Bertz CT molecular complexity index is 599. The molecule has 7 nitrogen and oxygen atoms in total. The molecule has 1 amide bonds. The molecule has 1 saturated heterocycles. The van der Waals surface area contributed by atoms with Gasteiger partial charge < -0.3 is 25.1 Å². The van der Waals surface area contributed by atoms with E-state index in [0.717, 1.165) is 5.69 Å². The van der Waals surface area contributed by atoms with Gasteiger partial charge in [-0.1, -0.05) is 0 Å². The van der Waals surface area contributed by atoms with Gasteiger partial charge in [0.2, 0.25) is 5.91 Å². The standard InChI is InChI=1S/C17H25N3O4/c1-19(2)15(21)12-10-20(11-12)13-3-4-14(18-9-13)16(22)5-7-17(23,24)8-6-16/h3-4,9,12,22-24H,5-8,10-11H2,1-2H3. The van der Waals surface area contributed by atoms with Crippen molar-refractivity contribution in [2.45, 2.75) is 37.1 Å². The molecule has 1 aromatic rings. The van der Waals surface area contributed by atoms with Crippen LogP contribution in [-0.4, -0.2) is 64.1 Å². The lowest BCUT2D eigenvalue weighted by molar-refractivity contribution is -0.208. The van der Waals surface area contributed by atoms with Gasteiger partial charge in [-0.05, 0) is 25.0 Å². The second-order valence-electron chi connectivity index (χ2n) is 7.25. The first kappa shape index (κ1) is 17.1. The van der Waals surface area contributed by atoms with Crippen LogP contribution in [0.5, 0.6) is 0 Å². The second kappa shape index (κ2) is 5.98. The van der Waals surface area contributed by atoms with Gasteiger partial charge in [0.25, 0.3) is 0 Å². The zero-order valence-electron chi connectivity index (χ0n) is 14.1. The Hall–Kier alpha value is -1.70. The molecule has 2 heterocycles.